The molecule has 0 saturated carbocycles. The zero-order valence-corrected chi connectivity index (χ0v) is 12.4. The molecule has 0 bridgehead atoms. The Balaban J connectivity index is 2.37. The van der Waals surface area contributed by atoms with Crippen molar-refractivity contribution in [2.75, 3.05) is 0 Å². The molecule has 0 saturated heterocycles. The van der Waals surface area contributed by atoms with Crippen LogP contribution in [0.3, 0.4) is 0 Å². The molecule has 18 heavy (non-hydrogen) atoms. The van der Waals surface area contributed by atoms with Crippen molar-refractivity contribution in [1.29, 1.82) is 0 Å². The molecule has 0 N–H and O–H groups in total. The Morgan fingerprint density at radius 1 is 1.11 bits per heavy atom. The van der Waals surface area contributed by atoms with Crippen molar-refractivity contribution in [2.45, 2.75) is 20.3 Å². The van der Waals surface area contributed by atoms with Gasteiger partial charge in [0.2, 0.25) is 0 Å². The van der Waals surface area contributed by atoms with Crippen molar-refractivity contribution >= 4 is 21.5 Å². The first-order valence-corrected chi connectivity index (χ1v) is 6.96. The van der Waals surface area contributed by atoms with Crippen LogP contribution in [0.5, 0.6) is 0 Å². The molecule has 0 atom stereocenters. The van der Waals surface area contributed by atoms with Crippen LogP contribution in [-0.2, 0) is 6.42 Å². The van der Waals surface area contributed by atoms with Crippen LogP contribution in [0, 0.1) is 6.92 Å². The third-order valence-corrected chi connectivity index (χ3v) is 3.74. The smallest absolute Gasteiger partial charge is 0.0181 e. The standard InChI is InChI=1S/C17H17Br/c1-4-14-8-9-16(10-12(14)2)13(3)15-6-5-7-17(18)11-15/h5-11H,3-4H2,1-2H3. The molecule has 0 spiro atoms. The Labute approximate surface area is 117 Å². The highest BCUT2D eigenvalue weighted by Crippen LogP contribution is 2.25. The van der Waals surface area contributed by atoms with Gasteiger partial charge in [-0.1, -0.05) is 59.8 Å². The van der Waals surface area contributed by atoms with E-state index in [9.17, 15) is 0 Å². The monoisotopic (exact) mass is 300 g/mol. The fraction of sp³-hybridized carbons (Fsp3) is 0.176. The lowest BCUT2D eigenvalue weighted by molar-refractivity contribution is 1.11. The molecule has 0 radical (unpaired) electrons. The molecule has 0 nitrogen and oxygen atoms in total. The quantitative estimate of drug-likeness (QED) is 0.714. The lowest BCUT2D eigenvalue weighted by Crippen LogP contribution is -1.91. The maximum Gasteiger partial charge on any atom is 0.0181 e. The second kappa shape index (κ2) is 5.53. The summed E-state index contributed by atoms with van der Waals surface area (Å²) < 4.78 is 1.09. The Hall–Kier alpha value is -1.34. The Bertz CT molecular complexity index is 582. The van der Waals surface area contributed by atoms with Gasteiger partial charge in [-0.25, -0.2) is 0 Å². The SMILES string of the molecule is C=C(c1cccc(Br)c1)c1ccc(CC)c(C)c1. The molecule has 0 amide bonds. The minimum atomic E-state index is 1.07. The van der Waals surface area contributed by atoms with Crippen LogP contribution in [0.2, 0.25) is 0 Å². The first-order valence-electron chi connectivity index (χ1n) is 6.16. The van der Waals surface area contributed by atoms with Crippen LogP contribution in [0.15, 0.2) is 53.5 Å². The van der Waals surface area contributed by atoms with Gasteiger partial charge in [-0.3, -0.25) is 0 Å². The summed E-state index contributed by atoms with van der Waals surface area (Å²) in [6.45, 7) is 8.56. The van der Waals surface area contributed by atoms with Crippen LogP contribution in [0.1, 0.15) is 29.2 Å². The molecule has 0 aliphatic rings. The first kappa shape index (κ1) is 13.1. The minimum Gasteiger partial charge on any atom is -0.0906 e. The number of hydrogen-bond donors (Lipinski definition) is 0. The Morgan fingerprint density at radius 3 is 2.44 bits per heavy atom. The van der Waals surface area contributed by atoms with E-state index in [2.05, 4.69) is 66.7 Å². The fourth-order valence-electron chi connectivity index (χ4n) is 2.12. The zero-order valence-electron chi connectivity index (χ0n) is 10.8. The zero-order chi connectivity index (χ0) is 13.1. The van der Waals surface area contributed by atoms with Crippen molar-refractivity contribution in [2.24, 2.45) is 0 Å². The summed E-state index contributed by atoms with van der Waals surface area (Å²) in [4.78, 5) is 0. The number of aryl methyl sites for hydroxylation is 2. The van der Waals surface area contributed by atoms with Gasteiger partial charge in [0.05, 0.1) is 0 Å². The Kier molecular flexibility index (Phi) is 4.03. The summed E-state index contributed by atoms with van der Waals surface area (Å²) in [5.74, 6) is 0. The first-order chi connectivity index (χ1) is 8.61. The van der Waals surface area contributed by atoms with Gasteiger partial charge >= 0.3 is 0 Å². The second-order valence-electron chi connectivity index (χ2n) is 4.48. The highest BCUT2D eigenvalue weighted by atomic mass is 79.9. The van der Waals surface area contributed by atoms with Crippen LogP contribution in [-0.4, -0.2) is 0 Å². The summed E-state index contributed by atoms with van der Waals surface area (Å²) in [5.41, 5.74) is 6.17. The number of benzene rings is 2. The average Bonchev–Trinajstić information content (AvgIpc) is 2.37. The molecular formula is C17H17Br. The molecule has 0 aromatic heterocycles. The molecule has 0 unspecified atom stereocenters. The molecule has 0 aliphatic carbocycles. The van der Waals surface area contributed by atoms with E-state index in [0.29, 0.717) is 0 Å². The molecule has 2 rings (SSSR count). The predicted octanol–water partition coefficient (Wildman–Crippen LogP) is 5.38. The predicted molar refractivity (Wildman–Crippen MR) is 82.8 cm³/mol. The maximum atomic E-state index is 4.21. The van der Waals surface area contributed by atoms with Gasteiger partial charge < -0.3 is 0 Å². The summed E-state index contributed by atoms with van der Waals surface area (Å²) in [5, 5.41) is 0. The maximum absolute atomic E-state index is 4.21. The van der Waals surface area contributed by atoms with Crippen molar-refractivity contribution in [1.82, 2.24) is 0 Å². The summed E-state index contributed by atoms with van der Waals surface area (Å²) >= 11 is 3.50. The van der Waals surface area contributed by atoms with E-state index < -0.39 is 0 Å². The molecule has 0 aliphatic heterocycles. The third-order valence-electron chi connectivity index (χ3n) is 3.25. The molecule has 92 valence electrons. The Morgan fingerprint density at radius 2 is 1.83 bits per heavy atom. The van der Waals surface area contributed by atoms with Crippen LogP contribution in [0.25, 0.3) is 5.57 Å². The molecule has 2 aromatic carbocycles. The van der Waals surface area contributed by atoms with Gasteiger partial charge in [-0.15, -0.1) is 0 Å². The van der Waals surface area contributed by atoms with Gasteiger partial charge in [0.25, 0.3) is 0 Å². The topological polar surface area (TPSA) is 0 Å². The summed E-state index contributed by atoms with van der Waals surface area (Å²) in [6, 6.07) is 14.9. The fourth-order valence-corrected chi connectivity index (χ4v) is 2.52. The van der Waals surface area contributed by atoms with E-state index in [4.69, 9.17) is 0 Å². The summed E-state index contributed by atoms with van der Waals surface area (Å²) in [7, 11) is 0. The number of rotatable bonds is 3. The number of hydrogen-bond acceptors (Lipinski definition) is 0. The van der Waals surface area contributed by atoms with E-state index in [1.807, 2.05) is 12.1 Å². The highest BCUT2D eigenvalue weighted by Gasteiger charge is 2.05. The van der Waals surface area contributed by atoms with Gasteiger partial charge in [0, 0.05) is 4.47 Å². The second-order valence-corrected chi connectivity index (χ2v) is 5.40. The lowest BCUT2D eigenvalue weighted by atomic mass is 9.95. The molecule has 1 heteroatoms. The van der Waals surface area contributed by atoms with E-state index in [1.54, 1.807) is 0 Å². The lowest BCUT2D eigenvalue weighted by Gasteiger charge is -2.10. The highest BCUT2D eigenvalue weighted by molar-refractivity contribution is 9.10. The minimum absolute atomic E-state index is 1.07. The van der Waals surface area contributed by atoms with E-state index in [-0.39, 0.29) is 0 Å². The number of halogens is 1. The largest absolute Gasteiger partial charge is 0.0906 e. The van der Waals surface area contributed by atoms with Gasteiger partial charge in [0.15, 0.2) is 0 Å². The van der Waals surface area contributed by atoms with Gasteiger partial charge in [-0.2, -0.15) is 0 Å². The van der Waals surface area contributed by atoms with Crippen LogP contribution in [0.4, 0.5) is 0 Å². The van der Waals surface area contributed by atoms with Crippen LogP contribution < -0.4 is 0 Å². The molecule has 0 fully saturated rings. The van der Waals surface area contributed by atoms with Crippen molar-refractivity contribution in [3.63, 3.8) is 0 Å². The van der Waals surface area contributed by atoms with E-state index in [1.165, 1.54) is 16.7 Å². The molecule has 0 heterocycles. The third kappa shape index (κ3) is 2.73. The van der Waals surface area contributed by atoms with Crippen molar-refractivity contribution in [3.05, 3.63) is 75.8 Å². The van der Waals surface area contributed by atoms with E-state index >= 15 is 0 Å². The summed E-state index contributed by atoms with van der Waals surface area (Å²) in [6.07, 6.45) is 1.08. The van der Waals surface area contributed by atoms with Gasteiger partial charge in [0.1, 0.15) is 0 Å². The van der Waals surface area contributed by atoms with E-state index in [0.717, 1.165) is 22.0 Å². The van der Waals surface area contributed by atoms with Crippen molar-refractivity contribution < 1.29 is 0 Å². The van der Waals surface area contributed by atoms with Crippen LogP contribution >= 0.6 is 15.9 Å². The van der Waals surface area contributed by atoms with Crippen molar-refractivity contribution in [3.8, 4) is 0 Å². The van der Waals surface area contributed by atoms with Gasteiger partial charge in [-0.05, 0) is 53.3 Å². The molecule has 2 aromatic rings. The average molecular weight is 301 g/mol. The normalized spacial score (nSPS) is 10.4. The molecular weight excluding hydrogens is 284 g/mol.